The van der Waals surface area contributed by atoms with E-state index in [4.69, 9.17) is 9.47 Å². The molecule has 3 nitrogen and oxygen atoms in total. The lowest BCUT2D eigenvalue weighted by Gasteiger charge is -2.27. The normalized spacial score (nSPS) is 25.4. The lowest BCUT2D eigenvalue weighted by atomic mass is 9.97. The molecule has 1 aliphatic heterocycles. The first-order valence-corrected chi connectivity index (χ1v) is 7.32. The molecule has 2 atom stereocenters. The summed E-state index contributed by atoms with van der Waals surface area (Å²) in [5, 5.41) is 9.38. The Bertz CT molecular complexity index is 446. The maximum absolute atomic E-state index is 9.38. The number of hydrogen-bond acceptors (Lipinski definition) is 3. The molecular weight excluding hydrogens is 252 g/mol. The van der Waals surface area contributed by atoms with Gasteiger partial charge >= 0.3 is 0 Å². The van der Waals surface area contributed by atoms with Crippen LogP contribution in [0.5, 0.6) is 5.75 Å². The van der Waals surface area contributed by atoms with Gasteiger partial charge in [-0.2, -0.15) is 0 Å². The Hall–Kier alpha value is -1.06. The first-order valence-electron chi connectivity index (χ1n) is 7.32. The van der Waals surface area contributed by atoms with Crippen molar-refractivity contribution in [1.82, 2.24) is 0 Å². The number of ether oxygens (including phenoxy) is 2. The van der Waals surface area contributed by atoms with Gasteiger partial charge in [0.25, 0.3) is 0 Å². The molecule has 1 N–H and O–H groups in total. The second-order valence-corrected chi connectivity index (χ2v) is 6.97. The average Bonchev–Trinajstić information content (AvgIpc) is 2.48. The molecule has 1 fully saturated rings. The van der Waals surface area contributed by atoms with E-state index in [9.17, 15) is 5.11 Å². The first kappa shape index (κ1) is 15.3. The minimum Gasteiger partial charge on any atom is -0.487 e. The van der Waals surface area contributed by atoms with Gasteiger partial charge in [-0.1, -0.05) is 12.1 Å². The van der Waals surface area contributed by atoms with Crippen LogP contribution in [-0.2, 0) is 11.2 Å². The van der Waals surface area contributed by atoms with Gasteiger partial charge < -0.3 is 14.6 Å². The van der Waals surface area contributed by atoms with E-state index in [2.05, 4.69) is 27.7 Å². The van der Waals surface area contributed by atoms with Gasteiger partial charge in [-0.15, -0.1) is 0 Å². The molecule has 2 rings (SSSR count). The van der Waals surface area contributed by atoms with Gasteiger partial charge in [0.15, 0.2) is 0 Å². The summed E-state index contributed by atoms with van der Waals surface area (Å²) in [6, 6.07) is 7.96. The molecule has 0 spiro atoms. The smallest absolute Gasteiger partial charge is 0.130 e. The highest BCUT2D eigenvalue weighted by molar-refractivity contribution is 5.28. The molecule has 0 aliphatic carbocycles. The summed E-state index contributed by atoms with van der Waals surface area (Å²) in [5.74, 6) is 0.860. The van der Waals surface area contributed by atoms with E-state index >= 15 is 0 Å². The lowest BCUT2D eigenvalue weighted by Crippen LogP contribution is -2.36. The predicted molar refractivity (Wildman–Crippen MR) is 80.1 cm³/mol. The number of rotatable bonds is 4. The molecule has 2 unspecified atom stereocenters. The molecule has 1 aromatic carbocycles. The maximum atomic E-state index is 9.38. The largest absolute Gasteiger partial charge is 0.487 e. The number of hydrogen-bond donors (Lipinski definition) is 1. The molecule has 112 valence electrons. The third kappa shape index (κ3) is 3.74. The van der Waals surface area contributed by atoms with Crippen LogP contribution < -0.4 is 4.74 Å². The monoisotopic (exact) mass is 278 g/mol. The quantitative estimate of drug-likeness (QED) is 0.918. The highest BCUT2D eigenvalue weighted by Crippen LogP contribution is 2.39. The van der Waals surface area contributed by atoms with Crippen molar-refractivity contribution in [3.05, 3.63) is 29.8 Å². The van der Waals surface area contributed by atoms with Crippen LogP contribution in [0.3, 0.4) is 0 Å². The van der Waals surface area contributed by atoms with E-state index in [0.717, 1.165) is 17.7 Å². The summed E-state index contributed by atoms with van der Waals surface area (Å²) in [6.45, 7) is 10.2. The molecular formula is C17H26O3. The van der Waals surface area contributed by atoms with Crippen molar-refractivity contribution in [2.45, 2.75) is 70.9 Å². The molecule has 0 aromatic heterocycles. The van der Waals surface area contributed by atoms with Gasteiger partial charge in [-0.3, -0.25) is 0 Å². The summed E-state index contributed by atoms with van der Waals surface area (Å²) in [5.41, 5.74) is 0.706. The predicted octanol–water partition coefficient (Wildman–Crippen LogP) is 3.33. The van der Waals surface area contributed by atoms with E-state index in [-0.39, 0.29) is 23.4 Å². The number of aliphatic hydroxyl groups excluding tert-OH is 1. The third-order valence-electron chi connectivity index (χ3n) is 3.72. The minimum absolute atomic E-state index is 0.0557. The molecule has 0 bridgehead atoms. The fourth-order valence-electron chi connectivity index (χ4n) is 2.90. The Morgan fingerprint density at radius 1 is 1.25 bits per heavy atom. The van der Waals surface area contributed by atoms with Crippen molar-refractivity contribution in [3.63, 3.8) is 0 Å². The molecule has 0 saturated carbocycles. The second kappa shape index (κ2) is 5.38. The molecule has 0 radical (unpaired) electrons. The van der Waals surface area contributed by atoms with Crippen LogP contribution >= 0.6 is 0 Å². The van der Waals surface area contributed by atoms with Gasteiger partial charge in [0, 0.05) is 6.42 Å². The summed E-state index contributed by atoms with van der Waals surface area (Å²) >= 11 is 0. The number of aliphatic hydroxyl groups is 1. The van der Waals surface area contributed by atoms with E-state index in [0.29, 0.717) is 6.42 Å². The van der Waals surface area contributed by atoms with E-state index in [1.807, 2.05) is 24.3 Å². The molecule has 1 aliphatic rings. The van der Waals surface area contributed by atoms with Gasteiger partial charge in [0.2, 0.25) is 0 Å². The van der Waals surface area contributed by atoms with Crippen LogP contribution in [0, 0.1) is 0 Å². The van der Waals surface area contributed by atoms with Crippen LogP contribution in [-0.4, -0.2) is 28.5 Å². The molecule has 20 heavy (non-hydrogen) atoms. The van der Waals surface area contributed by atoms with Crippen LogP contribution in [0.15, 0.2) is 24.3 Å². The molecule has 1 aromatic rings. The van der Waals surface area contributed by atoms with E-state index in [1.54, 1.807) is 6.92 Å². The van der Waals surface area contributed by atoms with Crippen molar-refractivity contribution >= 4 is 0 Å². The zero-order valence-corrected chi connectivity index (χ0v) is 13.1. The van der Waals surface area contributed by atoms with Crippen molar-refractivity contribution in [3.8, 4) is 5.75 Å². The second-order valence-electron chi connectivity index (χ2n) is 6.97. The van der Waals surface area contributed by atoms with Crippen LogP contribution in [0.25, 0.3) is 0 Å². The SMILES string of the molecule is CC(O)Cc1ccc(OC2CC(C)(C)OC2(C)C)cc1. The molecule has 3 heteroatoms. The highest BCUT2D eigenvalue weighted by atomic mass is 16.6. The zero-order chi connectivity index (χ0) is 15.0. The van der Waals surface area contributed by atoms with Crippen molar-refractivity contribution in [2.75, 3.05) is 0 Å². The molecule has 1 saturated heterocycles. The van der Waals surface area contributed by atoms with Crippen molar-refractivity contribution in [1.29, 1.82) is 0 Å². The maximum Gasteiger partial charge on any atom is 0.130 e. The average molecular weight is 278 g/mol. The Labute approximate surface area is 121 Å². The minimum atomic E-state index is -0.315. The lowest BCUT2D eigenvalue weighted by molar-refractivity contribution is -0.0846. The standard InChI is InChI=1S/C17H26O3/c1-12(18)10-13-6-8-14(9-7-13)19-15-11-16(2,3)20-17(15,4)5/h6-9,12,15,18H,10-11H2,1-5H3. The van der Waals surface area contributed by atoms with E-state index < -0.39 is 0 Å². The summed E-state index contributed by atoms with van der Waals surface area (Å²) in [7, 11) is 0. The van der Waals surface area contributed by atoms with Crippen LogP contribution in [0.4, 0.5) is 0 Å². The van der Waals surface area contributed by atoms with Gasteiger partial charge in [0.1, 0.15) is 17.5 Å². The summed E-state index contributed by atoms with van der Waals surface area (Å²) in [6.07, 6.45) is 1.30. The summed E-state index contributed by atoms with van der Waals surface area (Å²) < 4.78 is 12.1. The number of benzene rings is 1. The zero-order valence-electron chi connectivity index (χ0n) is 13.1. The Morgan fingerprint density at radius 3 is 2.30 bits per heavy atom. The van der Waals surface area contributed by atoms with Crippen molar-refractivity contribution < 1.29 is 14.6 Å². The van der Waals surface area contributed by atoms with Crippen molar-refractivity contribution in [2.24, 2.45) is 0 Å². The van der Waals surface area contributed by atoms with Gasteiger partial charge in [-0.05, 0) is 58.7 Å². The Kier molecular flexibility index (Phi) is 4.12. The van der Waals surface area contributed by atoms with Gasteiger partial charge in [0.05, 0.1) is 11.7 Å². The van der Waals surface area contributed by atoms with E-state index in [1.165, 1.54) is 0 Å². The summed E-state index contributed by atoms with van der Waals surface area (Å²) in [4.78, 5) is 0. The third-order valence-corrected chi connectivity index (χ3v) is 3.72. The van der Waals surface area contributed by atoms with Gasteiger partial charge in [-0.25, -0.2) is 0 Å². The Balaban J connectivity index is 2.03. The fraction of sp³-hybridized carbons (Fsp3) is 0.647. The first-order chi connectivity index (χ1) is 9.18. The molecule has 1 heterocycles. The molecule has 0 amide bonds. The van der Waals surface area contributed by atoms with Crippen LogP contribution in [0.2, 0.25) is 0 Å². The Morgan fingerprint density at radius 2 is 1.85 bits per heavy atom. The van der Waals surface area contributed by atoms with Crippen LogP contribution in [0.1, 0.15) is 46.6 Å². The topological polar surface area (TPSA) is 38.7 Å². The highest BCUT2D eigenvalue weighted by Gasteiger charge is 2.47. The fourth-order valence-corrected chi connectivity index (χ4v) is 2.90.